The summed E-state index contributed by atoms with van der Waals surface area (Å²) < 4.78 is 9.85. The quantitative estimate of drug-likeness (QED) is 0.376. The van der Waals surface area contributed by atoms with E-state index in [1.54, 1.807) is 19.2 Å². The summed E-state index contributed by atoms with van der Waals surface area (Å²) in [6, 6.07) is 6.08. The maximum Gasteiger partial charge on any atom is 0.269 e. The molecule has 0 aliphatic rings. The van der Waals surface area contributed by atoms with Crippen LogP contribution in [0.3, 0.4) is 0 Å². The summed E-state index contributed by atoms with van der Waals surface area (Å²) in [7, 11) is 1.56. The van der Waals surface area contributed by atoms with Crippen molar-refractivity contribution in [2.24, 2.45) is 0 Å². The highest BCUT2D eigenvalue weighted by Gasteiger charge is 2.03. The molecule has 0 saturated heterocycles. The number of nitro benzene ring substituents is 1. The van der Waals surface area contributed by atoms with Crippen molar-refractivity contribution in [3.05, 3.63) is 34.4 Å². The molecule has 1 aromatic carbocycles. The first-order chi connectivity index (χ1) is 10.1. The first-order valence-corrected chi connectivity index (χ1v) is 6.45. The van der Waals surface area contributed by atoms with E-state index in [1.807, 2.05) is 0 Å². The first kappa shape index (κ1) is 16.9. The van der Waals surface area contributed by atoms with Crippen molar-refractivity contribution < 1.29 is 19.2 Å². The van der Waals surface area contributed by atoms with Crippen LogP contribution in [0, 0.1) is 10.1 Å². The van der Waals surface area contributed by atoms with Gasteiger partial charge >= 0.3 is 0 Å². The fourth-order valence-corrected chi connectivity index (χ4v) is 1.47. The molecular formula is C13H19N3O5. The molecule has 0 fully saturated rings. The van der Waals surface area contributed by atoms with Gasteiger partial charge in [-0.15, -0.1) is 0 Å². The lowest BCUT2D eigenvalue weighted by atomic mass is 10.3. The van der Waals surface area contributed by atoms with Gasteiger partial charge in [-0.3, -0.25) is 14.9 Å². The summed E-state index contributed by atoms with van der Waals surface area (Å²) in [5, 5.41) is 16.2. The van der Waals surface area contributed by atoms with Gasteiger partial charge in [0.25, 0.3) is 5.69 Å². The minimum absolute atomic E-state index is 0.000885. The molecule has 1 rings (SSSR count). The van der Waals surface area contributed by atoms with E-state index in [4.69, 9.17) is 9.47 Å². The average Bonchev–Trinajstić information content (AvgIpc) is 2.48. The van der Waals surface area contributed by atoms with Gasteiger partial charge in [-0.25, -0.2) is 0 Å². The normalized spacial score (nSPS) is 10.1. The lowest BCUT2D eigenvalue weighted by molar-refractivity contribution is -0.384. The summed E-state index contributed by atoms with van der Waals surface area (Å²) in [6.07, 6.45) is 0. The van der Waals surface area contributed by atoms with Gasteiger partial charge in [0.2, 0.25) is 5.91 Å². The van der Waals surface area contributed by atoms with Crippen LogP contribution in [-0.2, 0) is 14.3 Å². The fourth-order valence-electron chi connectivity index (χ4n) is 1.47. The number of nitrogens with zero attached hydrogens (tertiary/aromatic N) is 1. The Morgan fingerprint density at radius 2 is 1.95 bits per heavy atom. The van der Waals surface area contributed by atoms with Gasteiger partial charge in [0.15, 0.2) is 0 Å². The third-order valence-corrected chi connectivity index (χ3v) is 2.52. The number of non-ortho nitro benzene ring substituents is 1. The number of rotatable bonds is 10. The third kappa shape index (κ3) is 7.23. The van der Waals surface area contributed by atoms with Crippen molar-refractivity contribution in [3.63, 3.8) is 0 Å². The van der Waals surface area contributed by atoms with E-state index in [0.29, 0.717) is 26.3 Å². The number of nitro groups is 1. The molecule has 0 aliphatic heterocycles. The molecule has 0 bridgehead atoms. The Bertz CT molecular complexity index is 450. The number of ether oxygens (including phenoxy) is 2. The molecule has 0 saturated carbocycles. The van der Waals surface area contributed by atoms with Crippen molar-refractivity contribution in [2.75, 3.05) is 45.3 Å². The predicted molar refractivity (Wildman–Crippen MR) is 77.3 cm³/mol. The summed E-state index contributed by atoms with van der Waals surface area (Å²) >= 11 is 0. The predicted octanol–water partition coefficient (Wildman–Crippen LogP) is 0.786. The minimum Gasteiger partial charge on any atom is -0.383 e. The Kier molecular flexibility index (Phi) is 7.77. The largest absolute Gasteiger partial charge is 0.383 e. The van der Waals surface area contributed by atoms with E-state index in [0.717, 1.165) is 5.69 Å². The number of carbonyl (C=O) groups is 1. The Balaban J connectivity index is 2.13. The van der Waals surface area contributed by atoms with E-state index in [9.17, 15) is 14.9 Å². The molecule has 0 aromatic heterocycles. The van der Waals surface area contributed by atoms with Crippen LogP contribution in [0.2, 0.25) is 0 Å². The van der Waals surface area contributed by atoms with Crippen molar-refractivity contribution >= 4 is 17.3 Å². The number of benzene rings is 1. The average molecular weight is 297 g/mol. The maximum atomic E-state index is 11.4. The molecule has 0 atom stereocenters. The molecule has 0 heterocycles. The standard InChI is InChI=1S/C13H19N3O5/c1-20-8-9-21-10-13(17)15-7-6-14-11-2-4-12(5-3-11)16(18)19/h2-5,14H,6-10H2,1H3,(H,15,17). The van der Waals surface area contributed by atoms with Crippen LogP contribution >= 0.6 is 0 Å². The van der Waals surface area contributed by atoms with Gasteiger partial charge in [-0.1, -0.05) is 0 Å². The van der Waals surface area contributed by atoms with Crippen LogP contribution in [0.15, 0.2) is 24.3 Å². The van der Waals surface area contributed by atoms with E-state index < -0.39 is 4.92 Å². The zero-order chi connectivity index (χ0) is 15.5. The molecule has 8 heteroatoms. The van der Waals surface area contributed by atoms with Crippen molar-refractivity contribution in [1.82, 2.24) is 5.32 Å². The molecule has 8 nitrogen and oxygen atoms in total. The summed E-state index contributed by atoms with van der Waals surface area (Å²) in [5.41, 5.74) is 0.799. The molecule has 0 spiro atoms. The van der Waals surface area contributed by atoms with Crippen LogP contribution < -0.4 is 10.6 Å². The molecule has 1 amide bonds. The second-order valence-electron chi connectivity index (χ2n) is 4.13. The first-order valence-electron chi connectivity index (χ1n) is 6.45. The van der Waals surface area contributed by atoms with E-state index in [1.165, 1.54) is 12.1 Å². The second-order valence-corrected chi connectivity index (χ2v) is 4.13. The van der Waals surface area contributed by atoms with Crippen LogP contribution in [0.25, 0.3) is 0 Å². The highest BCUT2D eigenvalue weighted by atomic mass is 16.6. The monoisotopic (exact) mass is 297 g/mol. The molecule has 1 aromatic rings. The van der Waals surface area contributed by atoms with Gasteiger partial charge in [0.05, 0.1) is 18.1 Å². The summed E-state index contributed by atoms with van der Waals surface area (Å²) in [6.45, 7) is 1.78. The molecule has 2 N–H and O–H groups in total. The molecular weight excluding hydrogens is 278 g/mol. The number of methoxy groups -OCH3 is 1. The van der Waals surface area contributed by atoms with Crippen LogP contribution in [0.5, 0.6) is 0 Å². The van der Waals surface area contributed by atoms with Crippen molar-refractivity contribution in [1.29, 1.82) is 0 Å². The Labute approximate surface area is 122 Å². The second kappa shape index (κ2) is 9.67. The molecule has 21 heavy (non-hydrogen) atoms. The highest BCUT2D eigenvalue weighted by Crippen LogP contribution is 2.14. The zero-order valence-electron chi connectivity index (χ0n) is 11.8. The molecule has 0 radical (unpaired) electrons. The number of anilines is 1. The molecule has 0 unspecified atom stereocenters. The maximum absolute atomic E-state index is 11.4. The van der Waals surface area contributed by atoms with Crippen molar-refractivity contribution in [3.8, 4) is 0 Å². The lowest BCUT2D eigenvalue weighted by Gasteiger charge is -2.08. The van der Waals surface area contributed by atoms with Crippen LogP contribution in [0.4, 0.5) is 11.4 Å². The summed E-state index contributed by atoms with van der Waals surface area (Å²) in [5.74, 6) is -0.198. The minimum atomic E-state index is -0.451. The third-order valence-electron chi connectivity index (χ3n) is 2.52. The highest BCUT2D eigenvalue weighted by molar-refractivity contribution is 5.77. The Morgan fingerprint density at radius 3 is 2.57 bits per heavy atom. The number of nitrogens with one attached hydrogen (secondary N) is 2. The number of hydrogen-bond donors (Lipinski definition) is 2. The van der Waals surface area contributed by atoms with E-state index >= 15 is 0 Å². The van der Waals surface area contributed by atoms with E-state index in [2.05, 4.69) is 10.6 Å². The van der Waals surface area contributed by atoms with Gasteiger partial charge in [0.1, 0.15) is 6.61 Å². The summed E-state index contributed by atoms with van der Waals surface area (Å²) in [4.78, 5) is 21.4. The van der Waals surface area contributed by atoms with Gasteiger partial charge < -0.3 is 20.1 Å². The van der Waals surface area contributed by atoms with Gasteiger partial charge in [0, 0.05) is 38.0 Å². The van der Waals surface area contributed by atoms with Crippen LogP contribution in [0.1, 0.15) is 0 Å². The fraction of sp³-hybridized carbons (Fsp3) is 0.462. The number of amides is 1. The number of carbonyl (C=O) groups excluding carboxylic acids is 1. The van der Waals surface area contributed by atoms with Gasteiger partial charge in [-0.2, -0.15) is 0 Å². The SMILES string of the molecule is COCCOCC(=O)NCCNc1ccc([N+](=O)[O-])cc1. The molecule has 116 valence electrons. The van der Waals surface area contributed by atoms with Crippen LogP contribution in [-0.4, -0.2) is 50.9 Å². The molecule has 0 aliphatic carbocycles. The number of hydrogen-bond acceptors (Lipinski definition) is 6. The Morgan fingerprint density at radius 1 is 1.24 bits per heavy atom. The smallest absolute Gasteiger partial charge is 0.269 e. The van der Waals surface area contributed by atoms with E-state index in [-0.39, 0.29) is 18.2 Å². The topological polar surface area (TPSA) is 103 Å². The van der Waals surface area contributed by atoms with Gasteiger partial charge in [-0.05, 0) is 12.1 Å². The Hall–Kier alpha value is -2.19. The van der Waals surface area contributed by atoms with Crippen molar-refractivity contribution in [2.45, 2.75) is 0 Å². The zero-order valence-corrected chi connectivity index (χ0v) is 11.8. The lowest BCUT2D eigenvalue weighted by Crippen LogP contribution is -2.32.